The maximum Gasteiger partial charge on any atom is 0.338 e. The molecule has 1 heterocycles. The van der Waals surface area contributed by atoms with Crippen molar-refractivity contribution in [3.63, 3.8) is 0 Å². The molecule has 0 radical (unpaired) electrons. The molecular weight excluding hydrogens is 369 g/mol. The zero-order chi connectivity index (χ0) is 21.0. The number of aryl methyl sites for hydroxylation is 2. The van der Waals surface area contributed by atoms with Crippen molar-refractivity contribution in [2.75, 3.05) is 6.61 Å². The lowest BCUT2D eigenvalue weighted by atomic mass is 10.1. The van der Waals surface area contributed by atoms with E-state index in [2.05, 4.69) is 0 Å². The summed E-state index contributed by atoms with van der Waals surface area (Å²) >= 11 is 0. The van der Waals surface area contributed by atoms with Gasteiger partial charge in [0.2, 0.25) is 5.78 Å². The average Bonchev–Trinajstić information content (AvgIpc) is 3.01. The highest BCUT2D eigenvalue weighted by Crippen LogP contribution is 2.18. The van der Waals surface area contributed by atoms with E-state index in [9.17, 15) is 14.0 Å². The average molecular weight is 393 g/mol. The van der Waals surface area contributed by atoms with Crippen LogP contribution >= 0.6 is 0 Å². The number of Topliss-reactive ketones (excluding diaryl/α,β-unsaturated/α-hetero) is 1. The smallest absolute Gasteiger partial charge is 0.338 e. The minimum Gasteiger partial charge on any atom is -0.454 e. The molecule has 0 aliphatic rings. The predicted octanol–water partition coefficient (Wildman–Crippen LogP) is 4.89. The minimum atomic E-state index is -0.513. The van der Waals surface area contributed by atoms with Crippen LogP contribution in [0.5, 0.6) is 0 Å². The van der Waals surface area contributed by atoms with Crippen LogP contribution in [0.1, 0.15) is 50.2 Å². The molecule has 4 nitrogen and oxygen atoms in total. The third-order valence-electron chi connectivity index (χ3n) is 5.06. The molecule has 1 aromatic heterocycles. The molecule has 0 saturated heterocycles. The van der Waals surface area contributed by atoms with Crippen LogP contribution in [0.2, 0.25) is 0 Å². The Morgan fingerprint density at radius 2 is 1.59 bits per heavy atom. The van der Waals surface area contributed by atoms with Gasteiger partial charge < -0.3 is 9.30 Å². The van der Waals surface area contributed by atoms with E-state index in [1.54, 1.807) is 30.3 Å². The molecule has 0 unspecified atom stereocenters. The first kappa shape index (κ1) is 20.5. The van der Waals surface area contributed by atoms with Crippen LogP contribution in [0.3, 0.4) is 0 Å². The number of hydrogen-bond donors (Lipinski definition) is 0. The van der Waals surface area contributed by atoms with Gasteiger partial charge in [-0.15, -0.1) is 0 Å². The van der Waals surface area contributed by atoms with Gasteiger partial charge in [-0.05, 0) is 61.7 Å². The Labute approximate surface area is 169 Å². The summed E-state index contributed by atoms with van der Waals surface area (Å²) in [5, 5.41) is 0. The molecule has 0 aliphatic heterocycles. The van der Waals surface area contributed by atoms with E-state index >= 15 is 0 Å². The molecule has 150 valence electrons. The van der Waals surface area contributed by atoms with Gasteiger partial charge in [-0.2, -0.15) is 0 Å². The third kappa shape index (κ3) is 4.80. The minimum absolute atomic E-state index is 0.248. The second-order valence-corrected chi connectivity index (χ2v) is 7.05. The highest BCUT2D eigenvalue weighted by atomic mass is 19.1. The molecule has 29 heavy (non-hydrogen) atoms. The zero-order valence-electron chi connectivity index (χ0n) is 16.9. The number of ether oxygens (including phenoxy) is 1. The Balaban J connectivity index is 1.67. The quantitative estimate of drug-likeness (QED) is 0.424. The Morgan fingerprint density at radius 1 is 0.966 bits per heavy atom. The number of carbonyl (C=O) groups excluding carboxylic acids is 2. The Morgan fingerprint density at radius 3 is 2.21 bits per heavy atom. The molecule has 0 fully saturated rings. The van der Waals surface area contributed by atoms with Crippen LogP contribution in [0.15, 0.2) is 54.6 Å². The molecule has 0 amide bonds. The Bertz CT molecular complexity index is 1020. The fourth-order valence-corrected chi connectivity index (χ4v) is 3.27. The summed E-state index contributed by atoms with van der Waals surface area (Å²) in [7, 11) is 0. The number of halogens is 1. The summed E-state index contributed by atoms with van der Waals surface area (Å²) in [6.45, 7) is 6.03. The van der Waals surface area contributed by atoms with Gasteiger partial charge in [-0.25, -0.2) is 9.18 Å². The van der Waals surface area contributed by atoms with Crippen LogP contribution < -0.4 is 0 Å². The van der Waals surface area contributed by atoms with Crippen molar-refractivity contribution in [2.24, 2.45) is 0 Å². The van der Waals surface area contributed by atoms with E-state index in [0.717, 1.165) is 28.9 Å². The molecule has 3 aromatic rings. The van der Waals surface area contributed by atoms with Gasteiger partial charge in [0.1, 0.15) is 5.82 Å². The van der Waals surface area contributed by atoms with Crippen LogP contribution in [0.25, 0.3) is 0 Å². The lowest BCUT2D eigenvalue weighted by Crippen LogP contribution is -2.15. The SMILES string of the molecule is CCc1ccc(C(=O)OCC(=O)c2cc(C)n(Cc3ccc(F)cc3)c2C)cc1. The number of nitrogens with zero attached hydrogens (tertiary/aromatic N) is 1. The van der Waals surface area contributed by atoms with Gasteiger partial charge >= 0.3 is 5.97 Å². The van der Waals surface area contributed by atoms with Crippen molar-refractivity contribution in [2.45, 2.75) is 33.7 Å². The number of hydrogen-bond acceptors (Lipinski definition) is 3. The van der Waals surface area contributed by atoms with Crippen LogP contribution in [-0.2, 0) is 17.7 Å². The Kier molecular flexibility index (Phi) is 6.27. The lowest BCUT2D eigenvalue weighted by molar-refractivity contribution is 0.0474. The standard InChI is InChI=1S/C24H24FNO3/c1-4-18-5-9-20(10-6-18)24(28)29-15-23(27)22-13-16(2)26(17(22)3)14-19-7-11-21(25)12-8-19/h5-13H,4,14-15H2,1-3H3. The maximum absolute atomic E-state index is 13.1. The molecule has 0 aliphatic carbocycles. The predicted molar refractivity (Wildman–Crippen MR) is 110 cm³/mol. The van der Waals surface area contributed by atoms with Gasteiger partial charge in [-0.3, -0.25) is 4.79 Å². The summed E-state index contributed by atoms with van der Waals surface area (Å²) in [5.74, 6) is -1.04. The highest BCUT2D eigenvalue weighted by molar-refractivity contribution is 6.00. The summed E-state index contributed by atoms with van der Waals surface area (Å²) in [4.78, 5) is 24.8. The van der Waals surface area contributed by atoms with Gasteiger partial charge in [0, 0.05) is 23.5 Å². The molecular formula is C24H24FNO3. The molecule has 0 bridgehead atoms. The zero-order valence-corrected chi connectivity index (χ0v) is 16.9. The fraction of sp³-hybridized carbons (Fsp3) is 0.250. The number of esters is 1. The van der Waals surface area contributed by atoms with Gasteiger partial charge in [0.25, 0.3) is 0 Å². The second kappa shape index (κ2) is 8.86. The first-order valence-electron chi connectivity index (χ1n) is 9.59. The molecule has 3 rings (SSSR count). The first-order valence-corrected chi connectivity index (χ1v) is 9.59. The molecule has 0 atom stereocenters. The largest absolute Gasteiger partial charge is 0.454 e. The lowest BCUT2D eigenvalue weighted by Gasteiger charge is -2.10. The molecule has 0 N–H and O–H groups in total. The van der Waals surface area contributed by atoms with Gasteiger partial charge in [0.05, 0.1) is 5.56 Å². The normalized spacial score (nSPS) is 10.8. The molecule has 0 spiro atoms. The third-order valence-corrected chi connectivity index (χ3v) is 5.06. The van der Waals surface area contributed by atoms with E-state index in [1.165, 1.54) is 12.1 Å². The Hall–Kier alpha value is -3.21. The summed E-state index contributed by atoms with van der Waals surface area (Å²) < 4.78 is 20.3. The molecule has 5 heteroatoms. The number of ketones is 1. The van der Waals surface area contributed by atoms with Crippen molar-refractivity contribution in [1.82, 2.24) is 4.57 Å². The number of benzene rings is 2. The monoisotopic (exact) mass is 393 g/mol. The number of rotatable bonds is 7. The van der Waals surface area contributed by atoms with Crippen molar-refractivity contribution >= 4 is 11.8 Å². The van der Waals surface area contributed by atoms with Crippen molar-refractivity contribution in [1.29, 1.82) is 0 Å². The summed E-state index contributed by atoms with van der Waals surface area (Å²) in [6, 6.07) is 15.3. The molecule has 0 saturated carbocycles. The van der Waals surface area contributed by atoms with Crippen LogP contribution in [0.4, 0.5) is 4.39 Å². The van der Waals surface area contributed by atoms with Gasteiger partial charge in [0.15, 0.2) is 6.61 Å². The van der Waals surface area contributed by atoms with E-state index in [1.807, 2.05) is 37.5 Å². The van der Waals surface area contributed by atoms with E-state index < -0.39 is 5.97 Å². The van der Waals surface area contributed by atoms with Crippen LogP contribution in [-0.4, -0.2) is 22.9 Å². The van der Waals surface area contributed by atoms with E-state index in [0.29, 0.717) is 17.7 Å². The maximum atomic E-state index is 13.1. The fourth-order valence-electron chi connectivity index (χ4n) is 3.27. The first-order chi connectivity index (χ1) is 13.9. The topological polar surface area (TPSA) is 48.3 Å². The number of carbonyl (C=O) groups is 2. The highest BCUT2D eigenvalue weighted by Gasteiger charge is 2.18. The van der Waals surface area contributed by atoms with Gasteiger partial charge in [-0.1, -0.05) is 31.2 Å². The number of aromatic nitrogens is 1. The van der Waals surface area contributed by atoms with Crippen molar-refractivity contribution < 1.29 is 18.7 Å². The van der Waals surface area contributed by atoms with E-state index in [4.69, 9.17) is 4.74 Å². The second-order valence-electron chi connectivity index (χ2n) is 7.05. The van der Waals surface area contributed by atoms with E-state index in [-0.39, 0.29) is 18.2 Å². The van der Waals surface area contributed by atoms with Crippen molar-refractivity contribution in [3.8, 4) is 0 Å². The summed E-state index contributed by atoms with van der Waals surface area (Å²) in [5.41, 5.74) is 4.73. The van der Waals surface area contributed by atoms with Crippen LogP contribution in [0, 0.1) is 19.7 Å². The summed E-state index contributed by atoms with van der Waals surface area (Å²) in [6.07, 6.45) is 0.890. The van der Waals surface area contributed by atoms with Crippen molar-refractivity contribution in [3.05, 3.63) is 94.1 Å². The molecule has 2 aromatic carbocycles.